The lowest BCUT2D eigenvalue weighted by Crippen LogP contribution is -2.44. The molecule has 21 heavy (non-hydrogen) atoms. The van der Waals surface area contributed by atoms with E-state index in [1.165, 1.54) is 19.3 Å². The van der Waals surface area contributed by atoms with Crippen molar-refractivity contribution in [3.05, 3.63) is 29.3 Å². The van der Waals surface area contributed by atoms with Crippen LogP contribution in [0.1, 0.15) is 42.1 Å². The van der Waals surface area contributed by atoms with E-state index in [9.17, 15) is 4.79 Å². The second-order valence-electron chi connectivity index (χ2n) is 5.94. The standard InChI is InChI=1S/C17H27N3O/c1-13-11-15(7-8-16(13)18-3)17(21)19-12-14(2)20-9-5-4-6-10-20/h7-8,11,14,18H,4-6,9-10,12H2,1-3H3,(H,19,21). The highest BCUT2D eigenvalue weighted by atomic mass is 16.1. The second kappa shape index (κ2) is 7.46. The largest absolute Gasteiger partial charge is 0.388 e. The summed E-state index contributed by atoms with van der Waals surface area (Å²) >= 11 is 0. The Hall–Kier alpha value is -1.55. The van der Waals surface area contributed by atoms with Crippen LogP contribution in [-0.2, 0) is 0 Å². The molecule has 0 bridgehead atoms. The van der Waals surface area contributed by atoms with Crippen molar-refractivity contribution in [2.45, 2.75) is 39.2 Å². The first-order valence-electron chi connectivity index (χ1n) is 7.92. The molecule has 1 fully saturated rings. The average molecular weight is 289 g/mol. The van der Waals surface area contributed by atoms with Gasteiger partial charge < -0.3 is 10.6 Å². The predicted octanol–water partition coefficient (Wildman–Crippen LogP) is 2.64. The number of benzene rings is 1. The molecule has 0 aromatic heterocycles. The molecule has 4 heteroatoms. The van der Waals surface area contributed by atoms with Gasteiger partial charge >= 0.3 is 0 Å². The van der Waals surface area contributed by atoms with Crippen molar-refractivity contribution in [2.24, 2.45) is 0 Å². The Morgan fingerprint density at radius 2 is 2.00 bits per heavy atom. The van der Waals surface area contributed by atoms with E-state index in [-0.39, 0.29) is 5.91 Å². The minimum atomic E-state index is 0.0182. The first-order chi connectivity index (χ1) is 10.1. The topological polar surface area (TPSA) is 44.4 Å². The zero-order valence-corrected chi connectivity index (χ0v) is 13.4. The maximum Gasteiger partial charge on any atom is 0.251 e. The monoisotopic (exact) mass is 289 g/mol. The zero-order chi connectivity index (χ0) is 15.2. The number of nitrogens with one attached hydrogen (secondary N) is 2. The van der Waals surface area contributed by atoms with Gasteiger partial charge in [0, 0.05) is 30.9 Å². The Labute approximate surface area is 127 Å². The molecule has 0 aliphatic carbocycles. The lowest BCUT2D eigenvalue weighted by molar-refractivity contribution is 0.0930. The van der Waals surface area contributed by atoms with Gasteiger partial charge in [0.25, 0.3) is 5.91 Å². The van der Waals surface area contributed by atoms with Crippen molar-refractivity contribution in [1.29, 1.82) is 0 Å². The molecule has 1 aromatic rings. The van der Waals surface area contributed by atoms with Gasteiger partial charge in [0.1, 0.15) is 0 Å². The number of piperidine rings is 1. The van der Waals surface area contributed by atoms with Crippen LogP contribution in [0.5, 0.6) is 0 Å². The number of amides is 1. The molecule has 4 nitrogen and oxygen atoms in total. The van der Waals surface area contributed by atoms with E-state index in [0.29, 0.717) is 12.6 Å². The van der Waals surface area contributed by atoms with Crippen LogP contribution in [0.4, 0.5) is 5.69 Å². The van der Waals surface area contributed by atoms with E-state index < -0.39 is 0 Å². The van der Waals surface area contributed by atoms with Gasteiger partial charge in [0.15, 0.2) is 0 Å². The maximum absolute atomic E-state index is 12.2. The smallest absolute Gasteiger partial charge is 0.251 e. The Bertz CT molecular complexity index is 481. The molecule has 1 heterocycles. The van der Waals surface area contributed by atoms with Gasteiger partial charge in [-0.05, 0) is 63.5 Å². The lowest BCUT2D eigenvalue weighted by Gasteiger charge is -2.32. The average Bonchev–Trinajstić information content (AvgIpc) is 2.53. The third kappa shape index (κ3) is 4.21. The van der Waals surface area contributed by atoms with Gasteiger partial charge in [0.2, 0.25) is 0 Å². The van der Waals surface area contributed by atoms with Crippen LogP contribution in [-0.4, -0.2) is 43.5 Å². The molecule has 1 aliphatic heterocycles. The number of carbonyl (C=O) groups excluding carboxylic acids is 1. The van der Waals surface area contributed by atoms with E-state index in [0.717, 1.165) is 29.9 Å². The number of nitrogens with zero attached hydrogens (tertiary/aromatic N) is 1. The van der Waals surface area contributed by atoms with Crippen LogP contribution in [0.2, 0.25) is 0 Å². The molecule has 0 radical (unpaired) electrons. The summed E-state index contributed by atoms with van der Waals surface area (Å²) in [6.45, 7) is 7.24. The number of aryl methyl sites for hydroxylation is 1. The quantitative estimate of drug-likeness (QED) is 0.876. The Balaban J connectivity index is 1.87. The molecule has 2 N–H and O–H groups in total. The van der Waals surface area contributed by atoms with E-state index in [2.05, 4.69) is 22.5 Å². The molecule has 1 unspecified atom stereocenters. The van der Waals surface area contributed by atoms with E-state index in [1.54, 1.807) is 0 Å². The minimum absolute atomic E-state index is 0.0182. The molecule has 0 saturated carbocycles. The fraction of sp³-hybridized carbons (Fsp3) is 0.588. The Morgan fingerprint density at radius 3 is 2.62 bits per heavy atom. The molecular weight excluding hydrogens is 262 g/mol. The molecule has 1 aromatic carbocycles. The molecule has 1 amide bonds. The predicted molar refractivity (Wildman–Crippen MR) is 87.9 cm³/mol. The normalized spacial score (nSPS) is 17.3. The minimum Gasteiger partial charge on any atom is -0.388 e. The highest BCUT2D eigenvalue weighted by molar-refractivity contribution is 5.94. The van der Waals surface area contributed by atoms with E-state index >= 15 is 0 Å². The zero-order valence-electron chi connectivity index (χ0n) is 13.4. The van der Waals surface area contributed by atoms with Crippen molar-refractivity contribution >= 4 is 11.6 Å². The van der Waals surface area contributed by atoms with Crippen LogP contribution in [0.15, 0.2) is 18.2 Å². The van der Waals surface area contributed by atoms with Crippen LogP contribution in [0, 0.1) is 6.92 Å². The summed E-state index contributed by atoms with van der Waals surface area (Å²) in [5.41, 5.74) is 2.89. The van der Waals surface area contributed by atoms with E-state index in [4.69, 9.17) is 0 Å². The molecule has 1 aliphatic rings. The van der Waals surface area contributed by atoms with Crippen LogP contribution < -0.4 is 10.6 Å². The van der Waals surface area contributed by atoms with Crippen LogP contribution >= 0.6 is 0 Å². The third-order valence-electron chi connectivity index (χ3n) is 4.33. The van der Waals surface area contributed by atoms with Gasteiger partial charge in [-0.3, -0.25) is 9.69 Å². The summed E-state index contributed by atoms with van der Waals surface area (Å²) in [4.78, 5) is 14.7. The van der Waals surface area contributed by atoms with Crippen molar-refractivity contribution in [2.75, 3.05) is 32.0 Å². The number of carbonyl (C=O) groups is 1. The summed E-state index contributed by atoms with van der Waals surface area (Å²) in [7, 11) is 1.89. The lowest BCUT2D eigenvalue weighted by atomic mass is 10.1. The van der Waals surface area contributed by atoms with Gasteiger partial charge in [-0.1, -0.05) is 6.42 Å². The Kier molecular flexibility index (Phi) is 5.62. The summed E-state index contributed by atoms with van der Waals surface area (Å²) in [6, 6.07) is 6.18. The summed E-state index contributed by atoms with van der Waals surface area (Å²) in [5, 5.41) is 6.18. The maximum atomic E-state index is 12.2. The van der Waals surface area contributed by atoms with Crippen LogP contribution in [0.3, 0.4) is 0 Å². The third-order valence-corrected chi connectivity index (χ3v) is 4.33. The molecular formula is C17H27N3O. The molecule has 2 rings (SSSR count). The van der Waals surface area contributed by atoms with E-state index in [1.807, 2.05) is 32.2 Å². The summed E-state index contributed by atoms with van der Waals surface area (Å²) in [5.74, 6) is 0.0182. The van der Waals surface area contributed by atoms with Gasteiger partial charge in [-0.2, -0.15) is 0 Å². The number of hydrogen-bond donors (Lipinski definition) is 2. The number of anilines is 1. The van der Waals surface area contributed by atoms with Crippen LogP contribution in [0.25, 0.3) is 0 Å². The van der Waals surface area contributed by atoms with Crippen molar-refractivity contribution in [1.82, 2.24) is 10.2 Å². The van der Waals surface area contributed by atoms with Gasteiger partial charge in [0.05, 0.1) is 0 Å². The summed E-state index contributed by atoms with van der Waals surface area (Å²) < 4.78 is 0. The summed E-state index contributed by atoms with van der Waals surface area (Å²) in [6.07, 6.45) is 3.90. The Morgan fingerprint density at radius 1 is 1.29 bits per heavy atom. The fourth-order valence-corrected chi connectivity index (χ4v) is 2.92. The highest BCUT2D eigenvalue weighted by Crippen LogP contribution is 2.16. The molecule has 1 saturated heterocycles. The number of likely N-dealkylation sites (tertiary alicyclic amines) is 1. The molecule has 0 spiro atoms. The fourth-order valence-electron chi connectivity index (χ4n) is 2.92. The van der Waals surface area contributed by atoms with Crippen molar-refractivity contribution < 1.29 is 4.79 Å². The highest BCUT2D eigenvalue weighted by Gasteiger charge is 2.17. The van der Waals surface area contributed by atoms with Crippen molar-refractivity contribution in [3.8, 4) is 0 Å². The number of rotatable bonds is 5. The van der Waals surface area contributed by atoms with Crippen molar-refractivity contribution in [3.63, 3.8) is 0 Å². The molecule has 1 atom stereocenters. The van der Waals surface area contributed by atoms with Gasteiger partial charge in [-0.15, -0.1) is 0 Å². The first-order valence-corrected chi connectivity index (χ1v) is 7.92. The number of hydrogen-bond acceptors (Lipinski definition) is 3. The second-order valence-corrected chi connectivity index (χ2v) is 5.94. The molecule has 116 valence electrons. The SMILES string of the molecule is CNc1ccc(C(=O)NCC(C)N2CCCCC2)cc1C. The first kappa shape index (κ1) is 15.8. The van der Waals surface area contributed by atoms with Gasteiger partial charge in [-0.25, -0.2) is 0 Å².